The van der Waals surface area contributed by atoms with Crippen LogP contribution in [-0.2, 0) is 6.42 Å². The maximum atomic E-state index is 13.0. The third kappa shape index (κ3) is 3.31. The highest BCUT2D eigenvalue weighted by atomic mass is 19.1. The van der Waals surface area contributed by atoms with Gasteiger partial charge in [0.1, 0.15) is 5.82 Å². The minimum absolute atomic E-state index is 0.118. The van der Waals surface area contributed by atoms with E-state index in [1.54, 1.807) is 12.1 Å². The summed E-state index contributed by atoms with van der Waals surface area (Å²) in [6.07, 6.45) is 4.75. The molecule has 1 N–H and O–H groups in total. The summed E-state index contributed by atoms with van der Waals surface area (Å²) in [6, 6.07) is 7.64. The molecule has 1 saturated heterocycles. The SMILES string of the molecule is CC1CCC(CCc2cccc(F)c2)CN1. The van der Waals surface area contributed by atoms with Gasteiger partial charge in [-0.05, 0) is 62.8 Å². The summed E-state index contributed by atoms with van der Waals surface area (Å²) in [5, 5.41) is 3.51. The monoisotopic (exact) mass is 221 g/mol. The highest BCUT2D eigenvalue weighted by molar-refractivity contribution is 5.16. The van der Waals surface area contributed by atoms with E-state index in [9.17, 15) is 4.39 Å². The molecule has 0 radical (unpaired) electrons. The van der Waals surface area contributed by atoms with Gasteiger partial charge in [0.05, 0.1) is 0 Å². The average Bonchev–Trinajstić information content (AvgIpc) is 2.28. The van der Waals surface area contributed by atoms with Crippen molar-refractivity contribution in [3.63, 3.8) is 0 Å². The van der Waals surface area contributed by atoms with Gasteiger partial charge in [-0.2, -0.15) is 0 Å². The van der Waals surface area contributed by atoms with E-state index in [4.69, 9.17) is 0 Å². The van der Waals surface area contributed by atoms with Crippen molar-refractivity contribution < 1.29 is 4.39 Å². The van der Waals surface area contributed by atoms with Crippen LogP contribution in [0, 0.1) is 11.7 Å². The first kappa shape index (κ1) is 11.6. The van der Waals surface area contributed by atoms with Crippen molar-refractivity contribution in [3.05, 3.63) is 35.6 Å². The summed E-state index contributed by atoms with van der Waals surface area (Å²) in [5.41, 5.74) is 1.12. The highest BCUT2D eigenvalue weighted by Crippen LogP contribution is 2.19. The molecule has 2 atom stereocenters. The Morgan fingerprint density at radius 2 is 2.25 bits per heavy atom. The van der Waals surface area contributed by atoms with E-state index in [1.165, 1.54) is 25.3 Å². The molecule has 0 aliphatic carbocycles. The van der Waals surface area contributed by atoms with Gasteiger partial charge in [0.2, 0.25) is 0 Å². The molecule has 0 bridgehead atoms. The van der Waals surface area contributed by atoms with Gasteiger partial charge < -0.3 is 5.32 Å². The summed E-state index contributed by atoms with van der Waals surface area (Å²) in [6.45, 7) is 3.36. The van der Waals surface area contributed by atoms with E-state index in [0.29, 0.717) is 6.04 Å². The molecule has 1 aromatic carbocycles. The van der Waals surface area contributed by atoms with Crippen LogP contribution in [0.2, 0.25) is 0 Å². The van der Waals surface area contributed by atoms with Crippen LogP contribution in [0.25, 0.3) is 0 Å². The maximum Gasteiger partial charge on any atom is 0.123 e. The van der Waals surface area contributed by atoms with Crippen molar-refractivity contribution >= 4 is 0 Å². The molecule has 2 rings (SSSR count). The average molecular weight is 221 g/mol. The van der Waals surface area contributed by atoms with Gasteiger partial charge >= 0.3 is 0 Å². The molecule has 0 saturated carbocycles. The fraction of sp³-hybridized carbons (Fsp3) is 0.571. The number of benzene rings is 1. The molecule has 1 aromatic rings. The van der Waals surface area contributed by atoms with Gasteiger partial charge in [-0.1, -0.05) is 12.1 Å². The maximum absolute atomic E-state index is 13.0. The van der Waals surface area contributed by atoms with Gasteiger partial charge in [-0.3, -0.25) is 0 Å². The quantitative estimate of drug-likeness (QED) is 0.826. The minimum Gasteiger partial charge on any atom is -0.314 e. The number of aryl methyl sites for hydroxylation is 1. The van der Waals surface area contributed by atoms with Crippen LogP contribution < -0.4 is 5.32 Å². The first-order chi connectivity index (χ1) is 7.74. The van der Waals surface area contributed by atoms with Gasteiger partial charge in [-0.25, -0.2) is 4.39 Å². The van der Waals surface area contributed by atoms with E-state index in [-0.39, 0.29) is 5.82 Å². The Hall–Kier alpha value is -0.890. The lowest BCUT2D eigenvalue weighted by Crippen LogP contribution is -2.36. The number of piperidine rings is 1. The molecule has 88 valence electrons. The van der Waals surface area contributed by atoms with Crippen molar-refractivity contribution in [1.29, 1.82) is 0 Å². The summed E-state index contributed by atoms with van der Waals surface area (Å²) in [4.78, 5) is 0. The molecule has 16 heavy (non-hydrogen) atoms. The zero-order valence-electron chi connectivity index (χ0n) is 9.88. The minimum atomic E-state index is -0.118. The third-order valence-corrected chi connectivity index (χ3v) is 3.49. The zero-order valence-corrected chi connectivity index (χ0v) is 9.88. The molecule has 1 aliphatic heterocycles. The smallest absolute Gasteiger partial charge is 0.123 e. The molecule has 1 nitrogen and oxygen atoms in total. The Kier molecular flexibility index (Phi) is 3.94. The predicted molar refractivity (Wildman–Crippen MR) is 64.9 cm³/mol. The lowest BCUT2D eigenvalue weighted by atomic mass is 9.90. The fourth-order valence-electron chi connectivity index (χ4n) is 2.37. The van der Waals surface area contributed by atoms with E-state index in [0.717, 1.165) is 24.4 Å². The van der Waals surface area contributed by atoms with Gasteiger partial charge in [0.25, 0.3) is 0 Å². The van der Waals surface area contributed by atoms with E-state index < -0.39 is 0 Å². The van der Waals surface area contributed by atoms with E-state index in [2.05, 4.69) is 12.2 Å². The second kappa shape index (κ2) is 5.44. The van der Waals surface area contributed by atoms with Crippen LogP contribution in [0.1, 0.15) is 31.7 Å². The summed E-state index contributed by atoms with van der Waals surface area (Å²) >= 11 is 0. The Morgan fingerprint density at radius 1 is 1.38 bits per heavy atom. The zero-order chi connectivity index (χ0) is 11.4. The first-order valence-electron chi connectivity index (χ1n) is 6.22. The lowest BCUT2D eigenvalue weighted by Gasteiger charge is -2.27. The van der Waals surface area contributed by atoms with Crippen molar-refractivity contribution in [3.8, 4) is 0 Å². The molecular formula is C14H20FN. The Bertz CT molecular complexity index is 329. The Balaban J connectivity index is 1.79. The van der Waals surface area contributed by atoms with Gasteiger partial charge in [0.15, 0.2) is 0 Å². The molecule has 2 heteroatoms. The molecule has 0 amide bonds. The summed E-state index contributed by atoms with van der Waals surface area (Å²) in [5.74, 6) is 0.646. The standard InChI is InChI=1S/C14H20FN/c1-11-5-6-13(10-16-11)8-7-12-3-2-4-14(15)9-12/h2-4,9,11,13,16H,5-8,10H2,1H3. The van der Waals surface area contributed by atoms with Gasteiger partial charge in [0, 0.05) is 6.04 Å². The lowest BCUT2D eigenvalue weighted by molar-refractivity contribution is 0.309. The fourth-order valence-corrected chi connectivity index (χ4v) is 2.37. The van der Waals surface area contributed by atoms with Crippen molar-refractivity contribution in [2.75, 3.05) is 6.54 Å². The normalized spacial score (nSPS) is 25.6. The van der Waals surface area contributed by atoms with Crippen LogP contribution in [0.3, 0.4) is 0 Å². The number of rotatable bonds is 3. The van der Waals surface area contributed by atoms with Crippen LogP contribution in [-0.4, -0.2) is 12.6 Å². The Morgan fingerprint density at radius 3 is 2.94 bits per heavy atom. The predicted octanol–water partition coefficient (Wildman–Crippen LogP) is 3.15. The topological polar surface area (TPSA) is 12.0 Å². The van der Waals surface area contributed by atoms with Crippen LogP contribution in [0.15, 0.2) is 24.3 Å². The molecular weight excluding hydrogens is 201 g/mol. The second-order valence-electron chi connectivity index (χ2n) is 4.92. The molecule has 1 aliphatic rings. The Labute approximate surface area is 97.1 Å². The first-order valence-corrected chi connectivity index (χ1v) is 6.22. The molecule has 0 spiro atoms. The van der Waals surface area contributed by atoms with Crippen molar-refractivity contribution in [2.45, 2.75) is 38.6 Å². The number of hydrogen-bond donors (Lipinski definition) is 1. The van der Waals surface area contributed by atoms with Crippen LogP contribution in [0.4, 0.5) is 4.39 Å². The van der Waals surface area contributed by atoms with Crippen molar-refractivity contribution in [2.24, 2.45) is 5.92 Å². The largest absolute Gasteiger partial charge is 0.314 e. The molecule has 1 heterocycles. The number of hydrogen-bond acceptors (Lipinski definition) is 1. The van der Waals surface area contributed by atoms with E-state index in [1.807, 2.05) is 6.07 Å². The third-order valence-electron chi connectivity index (χ3n) is 3.49. The molecule has 0 aromatic heterocycles. The summed E-state index contributed by atoms with van der Waals surface area (Å²) < 4.78 is 13.0. The molecule has 2 unspecified atom stereocenters. The van der Waals surface area contributed by atoms with Crippen LogP contribution in [0.5, 0.6) is 0 Å². The van der Waals surface area contributed by atoms with Gasteiger partial charge in [-0.15, -0.1) is 0 Å². The number of nitrogens with one attached hydrogen (secondary N) is 1. The molecule has 1 fully saturated rings. The van der Waals surface area contributed by atoms with Crippen LogP contribution >= 0.6 is 0 Å². The second-order valence-corrected chi connectivity index (χ2v) is 4.92. The number of halogens is 1. The summed E-state index contributed by atoms with van der Waals surface area (Å²) in [7, 11) is 0. The highest BCUT2D eigenvalue weighted by Gasteiger charge is 2.16. The van der Waals surface area contributed by atoms with E-state index >= 15 is 0 Å². The van der Waals surface area contributed by atoms with Crippen molar-refractivity contribution in [1.82, 2.24) is 5.32 Å².